The lowest BCUT2D eigenvalue weighted by atomic mass is 9.51. The standard InChI is InChI=1S/C19H30O2/c1-18-9-7-13(20)11-12(18)3-4-14-15-5-6-17(21)19(15,2)10-8-16(14)18/h12,14-17,21H,3-11H2,1-2H3/t12-,14-,15-,16-,17-,18-,19-/m0/s1/i15+2. The third kappa shape index (κ3) is 1.84. The highest BCUT2D eigenvalue weighted by Crippen LogP contribution is 2.65. The van der Waals surface area contributed by atoms with Crippen molar-refractivity contribution in [2.75, 3.05) is 0 Å². The van der Waals surface area contributed by atoms with E-state index in [4.69, 9.17) is 0 Å². The van der Waals surface area contributed by atoms with Crippen LogP contribution in [0, 0.1) is 34.5 Å². The van der Waals surface area contributed by atoms with Crippen molar-refractivity contribution in [2.24, 2.45) is 34.5 Å². The second kappa shape index (κ2) is 4.57. The second-order valence-corrected chi connectivity index (χ2v) is 9.04. The SMILES string of the molecule is C[C@]12CCC(=O)C[C@@H]1CC[C@@H]1[C@@H]2CC[C@]2(C)[C@@H](O)CC[14C@@H]12. The van der Waals surface area contributed by atoms with Gasteiger partial charge in [-0.1, -0.05) is 13.8 Å². The molecule has 4 saturated carbocycles. The van der Waals surface area contributed by atoms with Crippen LogP contribution in [-0.4, -0.2) is 17.0 Å². The van der Waals surface area contributed by atoms with E-state index >= 15 is 0 Å². The number of hydrogen-bond donors (Lipinski definition) is 1. The molecule has 7 atom stereocenters. The van der Waals surface area contributed by atoms with Crippen molar-refractivity contribution in [3.63, 3.8) is 0 Å². The molecule has 0 aromatic carbocycles. The molecule has 4 aliphatic carbocycles. The van der Waals surface area contributed by atoms with Gasteiger partial charge in [-0.25, -0.2) is 0 Å². The number of Topliss-reactive ketones (excluding diaryl/α,β-unsaturated/α-hetero) is 1. The summed E-state index contributed by atoms with van der Waals surface area (Å²) in [6, 6.07) is 0. The maximum Gasteiger partial charge on any atom is 0.133 e. The molecule has 2 nitrogen and oxygen atoms in total. The van der Waals surface area contributed by atoms with Crippen LogP contribution in [0.2, 0.25) is 0 Å². The molecule has 0 amide bonds. The molecule has 0 spiro atoms. The van der Waals surface area contributed by atoms with Gasteiger partial charge in [0.15, 0.2) is 0 Å². The van der Waals surface area contributed by atoms with Gasteiger partial charge in [-0.05, 0) is 79.4 Å². The lowest BCUT2D eigenvalue weighted by Gasteiger charge is -2.60. The number of ketones is 1. The maximum atomic E-state index is 11.9. The maximum absolute atomic E-state index is 11.9. The van der Waals surface area contributed by atoms with Crippen molar-refractivity contribution in [3.05, 3.63) is 0 Å². The summed E-state index contributed by atoms with van der Waals surface area (Å²) in [5.74, 6) is 3.52. The molecule has 0 aromatic rings. The summed E-state index contributed by atoms with van der Waals surface area (Å²) < 4.78 is 0. The largest absolute Gasteiger partial charge is 0.393 e. The molecule has 118 valence electrons. The third-order valence-electron chi connectivity index (χ3n) is 8.43. The molecular formula is C19H30O2. The van der Waals surface area contributed by atoms with Gasteiger partial charge in [-0.3, -0.25) is 4.79 Å². The average Bonchev–Trinajstić information content (AvgIpc) is 2.76. The van der Waals surface area contributed by atoms with Crippen LogP contribution in [0.15, 0.2) is 0 Å². The van der Waals surface area contributed by atoms with Crippen molar-refractivity contribution in [2.45, 2.75) is 77.7 Å². The van der Waals surface area contributed by atoms with Crippen LogP contribution in [-0.2, 0) is 4.79 Å². The zero-order chi connectivity index (χ0) is 14.8. The lowest BCUT2D eigenvalue weighted by Crippen LogP contribution is -2.54. The van der Waals surface area contributed by atoms with Crippen LogP contribution in [0.5, 0.6) is 0 Å². The lowest BCUT2D eigenvalue weighted by molar-refractivity contribution is -0.141. The van der Waals surface area contributed by atoms with E-state index in [1.165, 1.54) is 32.1 Å². The quantitative estimate of drug-likeness (QED) is 0.734. The van der Waals surface area contributed by atoms with Crippen LogP contribution in [0.3, 0.4) is 0 Å². The fourth-order valence-corrected chi connectivity index (χ4v) is 7.02. The summed E-state index contributed by atoms with van der Waals surface area (Å²) >= 11 is 0. The summed E-state index contributed by atoms with van der Waals surface area (Å²) in [5.41, 5.74) is 0.598. The number of hydrogen-bond acceptors (Lipinski definition) is 2. The molecule has 21 heavy (non-hydrogen) atoms. The van der Waals surface area contributed by atoms with Gasteiger partial charge in [0.2, 0.25) is 0 Å². The van der Waals surface area contributed by atoms with Gasteiger partial charge >= 0.3 is 0 Å². The first-order valence-electron chi connectivity index (χ1n) is 9.15. The van der Waals surface area contributed by atoms with Gasteiger partial charge in [0.05, 0.1) is 6.10 Å². The monoisotopic (exact) mass is 292 g/mol. The highest BCUT2D eigenvalue weighted by Gasteiger charge is 2.59. The first-order chi connectivity index (χ1) is 9.95. The summed E-state index contributed by atoms with van der Waals surface area (Å²) in [4.78, 5) is 11.9. The smallest absolute Gasteiger partial charge is 0.133 e. The van der Waals surface area contributed by atoms with Crippen LogP contribution in [0.25, 0.3) is 0 Å². The minimum Gasteiger partial charge on any atom is -0.393 e. The van der Waals surface area contributed by atoms with E-state index in [2.05, 4.69) is 13.8 Å². The molecule has 4 rings (SSSR count). The summed E-state index contributed by atoms with van der Waals surface area (Å²) in [5, 5.41) is 10.5. The molecule has 0 heterocycles. The van der Waals surface area contributed by atoms with Gasteiger partial charge < -0.3 is 5.11 Å². The predicted octanol–water partition coefficient (Wildman–Crippen LogP) is 3.96. The van der Waals surface area contributed by atoms with Crippen LogP contribution < -0.4 is 0 Å². The molecule has 0 aromatic heterocycles. The molecular weight excluding hydrogens is 262 g/mol. The Morgan fingerprint density at radius 2 is 1.95 bits per heavy atom. The molecule has 4 aliphatic rings. The number of carbonyl (C=O) groups excluding carboxylic acids is 1. The van der Waals surface area contributed by atoms with E-state index in [1.54, 1.807) is 0 Å². The summed E-state index contributed by atoms with van der Waals surface area (Å²) in [6.45, 7) is 4.85. The van der Waals surface area contributed by atoms with Gasteiger partial charge in [0.1, 0.15) is 5.78 Å². The highest BCUT2D eigenvalue weighted by molar-refractivity contribution is 5.79. The van der Waals surface area contributed by atoms with Crippen molar-refractivity contribution in [1.82, 2.24) is 0 Å². The summed E-state index contributed by atoms with van der Waals surface area (Å²) in [6.07, 6.45) is 10.0. The first kappa shape index (κ1) is 14.2. The van der Waals surface area contributed by atoms with Crippen molar-refractivity contribution < 1.29 is 9.90 Å². The van der Waals surface area contributed by atoms with E-state index in [0.717, 1.165) is 43.4 Å². The third-order valence-corrected chi connectivity index (χ3v) is 8.43. The Morgan fingerprint density at radius 1 is 1.14 bits per heavy atom. The van der Waals surface area contributed by atoms with Gasteiger partial charge in [0, 0.05) is 12.8 Å². The van der Waals surface area contributed by atoms with Gasteiger partial charge in [-0.2, -0.15) is 0 Å². The second-order valence-electron chi connectivity index (χ2n) is 9.04. The van der Waals surface area contributed by atoms with E-state index in [9.17, 15) is 9.90 Å². The topological polar surface area (TPSA) is 37.3 Å². The fourth-order valence-electron chi connectivity index (χ4n) is 7.02. The molecule has 2 heteroatoms. The molecule has 4 fully saturated rings. The number of carbonyl (C=O) groups is 1. The van der Waals surface area contributed by atoms with Crippen molar-refractivity contribution in [3.8, 4) is 0 Å². The Morgan fingerprint density at radius 3 is 2.76 bits per heavy atom. The Balaban J connectivity index is 1.64. The fraction of sp³-hybridized carbons (Fsp3) is 0.947. The molecule has 1 N–H and O–H groups in total. The highest BCUT2D eigenvalue weighted by atomic mass is 16.3. The van der Waals surface area contributed by atoms with E-state index in [0.29, 0.717) is 17.1 Å². The number of aliphatic hydroxyl groups is 1. The molecule has 0 radical (unpaired) electrons. The van der Waals surface area contributed by atoms with E-state index < -0.39 is 0 Å². The van der Waals surface area contributed by atoms with Crippen molar-refractivity contribution >= 4 is 5.78 Å². The Labute approximate surface area is 128 Å². The molecule has 0 saturated heterocycles. The Hall–Kier alpha value is -0.370. The van der Waals surface area contributed by atoms with E-state index in [1.807, 2.05) is 0 Å². The van der Waals surface area contributed by atoms with Crippen molar-refractivity contribution in [1.29, 1.82) is 0 Å². The molecule has 0 unspecified atom stereocenters. The average molecular weight is 292 g/mol. The van der Waals surface area contributed by atoms with Gasteiger partial charge in [-0.15, -0.1) is 0 Å². The number of rotatable bonds is 0. The summed E-state index contributed by atoms with van der Waals surface area (Å²) in [7, 11) is 0. The minimum atomic E-state index is -0.0677. The Bertz CT molecular complexity index is 458. The zero-order valence-electron chi connectivity index (χ0n) is 13.6. The van der Waals surface area contributed by atoms with Crippen LogP contribution in [0.4, 0.5) is 0 Å². The van der Waals surface area contributed by atoms with E-state index in [-0.39, 0.29) is 11.5 Å². The zero-order valence-corrected chi connectivity index (χ0v) is 13.6. The normalized spacial score (nSPS) is 56.5. The molecule has 0 aliphatic heterocycles. The minimum absolute atomic E-state index is 0.0677. The van der Waals surface area contributed by atoms with Gasteiger partial charge in [0.25, 0.3) is 0 Å². The Kier molecular flexibility index (Phi) is 3.10. The number of fused-ring (bicyclic) bond motifs is 5. The van der Waals surface area contributed by atoms with Crippen LogP contribution >= 0.6 is 0 Å². The number of aliphatic hydroxyl groups excluding tert-OH is 1. The first-order valence-corrected chi connectivity index (χ1v) is 9.15. The van der Waals surface area contributed by atoms with Crippen LogP contribution in [0.1, 0.15) is 71.6 Å². The predicted molar refractivity (Wildman–Crippen MR) is 82.7 cm³/mol. The molecule has 0 bridgehead atoms.